The van der Waals surface area contributed by atoms with Crippen LogP contribution in [-0.2, 0) is 4.74 Å². The van der Waals surface area contributed by atoms with E-state index < -0.39 is 0 Å². The van der Waals surface area contributed by atoms with Gasteiger partial charge in [0.25, 0.3) is 0 Å². The molecule has 29 heavy (non-hydrogen) atoms. The van der Waals surface area contributed by atoms with E-state index in [1.165, 1.54) is 0 Å². The van der Waals surface area contributed by atoms with E-state index in [0.717, 1.165) is 59.5 Å². The highest BCUT2D eigenvalue weighted by Gasteiger charge is 2.39. The standard InChI is InChI=1S/C23H27BrN2O3/c1-3-16(4-2)28-23(27)25-18-9-7-13-26-19-14-15(24)11-12-21(19)29-20-10-6-5-8-17(20)22(18)26/h5-6,8,10-12,14,16,18,22H,3-4,7,9,13H2,1-2H3,(H,25,27)/t18-,22-/m0/s1. The number of anilines is 1. The molecule has 0 unspecified atom stereocenters. The van der Waals surface area contributed by atoms with Crippen molar-refractivity contribution in [2.24, 2.45) is 0 Å². The van der Waals surface area contributed by atoms with Crippen molar-refractivity contribution in [3.63, 3.8) is 0 Å². The van der Waals surface area contributed by atoms with Gasteiger partial charge in [-0.05, 0) is 49.9 Å². The Morgan fingerprint density at radius 2 is 2.03 bits per heavy atom. The first-order valence-corrected chi connectivity index (χ1v) is 11.2. The van der Waals surface area contributed by atoms with Crippen LogP contribution in [0.3, 0.4) is 0 Å². The average Bonchev–Trinajstić information content (AvgIpc) is 2.87. The first-order chi connectivity index (χ1) is 14.1. The maximum atomic E-state index is 12.6. The Hall–Kier alpha value is -2.21. The normalized spacial score (nSPS) is 20.1. The monoisotopic (exact) mass is 458 g/mol. The molecule has 2 aliphatic rings. The van der Waals surface area contributed by atoms with Crippen molar-refractivity contribution in [1.29, 1.82) is 0 Å². The minimum atomic E-state index is -0.331. The smallest absolute Gasteiger partial charge is 0.407 e. The van der Waals surface area contributed by atoms with Crippen molar-refractivity contribution < 1.29 is 14.3 Å². The Labute approximate surface area is 180 Å². The number of nitrogens with zero attached hydrogens (tertiary/aromatic N) is 1. The Kier molecular flexibility index (Phi) is 5.99. The Morgan fingerprint density at radius 1 is 1.24 bits per heavy atom. The summed E-state index contributed by atoms with van der Waals surface area (Å²) < 4.78 is 12.9. The van der Waals surface area contributed by atoms with E-state index in [2.05, 4.69) is 38.3 Å². The van der Waals surface area contributed by atoms with Gasteiger partial charge in [0.05, 0.1) is 17.8 Å². The van der Waals surface area contributed by atoms with E-state index in [0.29, 0.717) is 0 Å². The SMILES string of the molecule is CCC(CC)OC(=O)N[C@H]1CCCN2c3cc(Br)ccc3Oc3ccccc3[C@@H]12. The molecule has 4 rings (SSSR count). The number of carbonyl (C=O) groups is 1. The number of nitrogens with one attached hydrogen (secondary N) is 1. The molecule has 2 aromatic carbocycles. The van der Waals surface area contributed by atoms with Gasteiger partial charge < -0.3 is 19.7 Å². The molecule has 1 N–H and O–H groups in total. The number of rotatable bonds is 4. The summed E-state index contributed by atoms with van der Waals surface area (Å²) in [5.41, 5.74) is 2.13. The van der Waals surface area contributed by atoms with Crippen LogP contribution in [0.25, 0.3) is 0 Å². The Balaban J connectivity index is 1.69. The average molecular weight is 459 g/mol. The van der Waals surface area contributed by atoms with Gasteiger partial charge in [-0.15, -0.1) is 0 Å². The number of fused-ring (bicyclic) bond motifs is 5. The fraction of sp³-hybridized carbons (Fsp3) is 0.435. The number of benzene rings is 2. The fourth-order valence-corrected chi connectivity index (χ4v) is 4.68. The molecule has 0 aliphatic carbocycles. The van der Waals surface area contributed by atoms with E-state index >= 15 is 0 Å². The molecule has 0 saturated carbocycles. The maximum Gasteiger partial charge on any atom is 0.407 e. The molecule has 154 valence electrons. The molecule has 0 bridgehead atoms. The summed E-state index contributed by atoms with van der Waals surface area (Å²) in [4.78, 5) is 15.0. The lowest BCUT2D eigenvalue weighted by Gasteiger charge is -2.42. The van der Waals surface area contributed by atoms with Gasteiger partial charge in [0.2, 0.25) is 0 Å². The molecule has 2 heterocycles. The number of hydrogen-bond acceptors (Lipinski definition) is 4. The second-order valence-electron chi connectivity index (χ2n) is 7.63. The maximum absolute atomic E-state index is 12.6. The van der Waals surface area contributed by atoms with Crippen molar-refractivity contribution in [3.8, 4) is 11.5 Å². The van der Waals surface area contributed by atoms with Crippen molar-refractivity contribution in [3.05, 3.63) is 52.5 Å². The molecule has 0 spiro atoms. The Morgan fingerprint density at radius 3 is 2.83 bits per heavy atom. The number of piperidine rings is 1. The summed E-state index contributed by atoms with van der Waals surface area (Å²) in [5.74, 6) is 1.68. The van der Waals surface area contributed by atoms with E-state index in [1.54, 1.807) is 0 Å². The highest BCUT2D eigenvalue weighted by molar-refractivity contribution is 9.10. The van der Waals surface area contributed by atoms with Crippen molar-refractivity contribution in [2.75, 3.05) is 11.4 Å². The number of alkyl carbamates (subject to hydrolysis) is 1. The zero-order valence-electron chi connectivity index (χ0n) is 16.9. The third kappa shape index (κ3) is 4.08. The van der Waals surface area contributed by atoms with E-state index in [-0.39, 0.29) is 24.3 Å². The largest absolute Gasteiger partial charge is 0.455 e. The molecule has 1 amide bonds. The molecule has 0 aromatic heterocycles. The van der Waals surface area contributed by atoms with Gasteiger partial charge in [0.15, 0.2) is 5.75 Å². The summed E-state index contributed by atoms with van der Waals surface area (Å²) in [6.45, 7) is 4.99. The van der Waals surface area contributed by atoms with Crippen molar-refractivity contribution in [2.45, 2.75) is 57.7 Å². The van der Waals surface area contributed by atoms with Crippen LogP contribution < -0.4 is 15.0 Å². The van der Waals surface area contributed by atoms with Gasteiger partial charge in [-0.25, -0.2) is 4.79 Å². The third-order valence-electron chi connectivity index (χ3n) is 5.81. The molecule has 2 atom stereocenters. The molecule has 5 nitrogen and oxygen atoms in total. The summed E-state index contributed by atoms with van der Waals surface area (Å²) in [7, 11) is 0. The lowest BCUT2D eigenvalue weighted by molar-refractivity contribution is 0.0876. The molecule has 0 radical (unpaired) electrons. The number of hydrogen-bond donors (Lipinski definition) is 1. The van der Waals surface area contributed by atoms with Crippen molar-refractivity contribution in [1.82, 2.24) is 5.32 Å². The summed E-state index contributed by atoms with van der Waals surface area (Å²) in [6, 6.07) is 14.1. The minimum Gasteiger partial charge on any atom is -0.455 e. The van der Waals surface area contributed by atoms with Crippen LogP contribution in [0.1, 0.15) is 51.1 Å². The molecule has 1 fully saturated rings. The van der Waals surface area contributed by atoms with Gasteiger partial charge in [0, 0.05) is 16.6 Å². The number of carbonyl (C=O) groups excluding carboxylic acids is 1. The van der Waals surface area contributed by atoms with Crippen LogP contribution in [-0.4, -0.2) is 24.8 Å². The molecular formula is C23H27BrN2O3. The van der Waals surface area contributed by atoms with Crippen LogP contribution in [0.2, 0.25) is 0 Å². The van der Waals surface area contributed by atoms with E-state index in [1.807, 2.05) is 44.2 Å². The van der Waals surface area contributed by atoms with Crippen molar-refractivity contribution >= 4 is 27.7 Å². The topological polar surface area (TPSA) is 50.8 Å². The lowest BCUT2D eigenvalue weighted by Crippen LogP contribution is -2.50. The second-order valence-corrected chi connectivity index (χ2v) is 8.54. The minimum absolute atomic E-state index is 0.00949. The predicted octanol–water partition coefficient (Wildman–Crippen LogP) is 6.18. The van der Waals surface area contributed by atoms with Gasteiger partial charge in [-0.1, -0.05) is 48.0 Å². The first kappa shape index (κ1) is 20.1. The van der Waals surface area contributed by atoms with Gasteiger partial charge in [0.1, 0.15) is 11.9 Å². The van der Waals surface area contributed by atoms with Crippen LogP contribution in [0.4, 0.5) is 10.5 Å². The lowest BCUT2D eigenvalue weighted by atomic mass is 9.89. The summed E-state index contributed by atoms with van der Waals surface area (Å²) >= 11 is 3.59. The van der Waals surface area contributed by atoms with Gasteiger partial charge in [-0.3, -0.25) is 0 Å². The summed E-state index contributed by atoms with van der Waals surface area (Å²) in [5, 5.41) is 3.16. The van der Waals surface area contributed by atoms with Gasteiger partial charge in [-0.2, -0.15) is 0 Å². The third-order valence-corrected chi connectivity index (χ3v) is 6.30. The van der Waals surface area contributed by atoms with Gasteiger partial charge >= 0.3 is 6.09 Å². The zero-order chi connectivity index (χ0) is 20.4. The molecule has 1 saturated heterocycles. The van der Waals surface area contributed by atoms with E-state index in [9.17, 15) is 4.79 Å². The number of para-hydroxylation sites is 1. The molecule has 2 aromatic rings. The molecule has 6 heteroatoms. The van der Waals surface area contributed by atoms with Crippen LogP contribution in [0, 0.1) is 0 Å². The number of amides is 1. The van der Waals surface area contributed by atoms with E-state index in [4.69, 9.17) is 9.47 Å². The second kappa shape index (κ2) is 8.66. The highest BCUT2D eigenvalue weighted by atomic mass is 79.9. The highest BCUT2D eigenvalue weighted by Crippen LogP contribution is 2.48. The Bertz CT molecular complexity index is 884. The number of halogens is 1. The molecular weight excluding hydrogens is 432 g/mol. The van der Waals surface area contributed by atoms with Crippen LogP contribution in [0.5, 0.6) is 11.5 Å². The van der Waals surface area contributed by atoms with Crippen LogP contribution in [0.15, 0.2) is 46.9 Å². The first-order valence-electron chi connectivity index (χ1n) is 10.4. The zero-order valence-corrected chi connectivity index (χ0v) is 18.4. The predicted molar refractivity (Wildman–Crippen MR) is 118 cm³/mol. The quantitative estimate of drug-likeness (QED) is 0.593. The number of ether oxygens (including phenoxy) is 2. The summed E-state index contributed by atoms with van der Waals surface area (Å²) in [6.07, 6.45) is 3.15. The van der Waals surface area contributed by atoms with Crippen LogP contribution >= 0.6 is 15.9 Å². The fourth-order valence-electron chi connectivity index (χ4n) is 4.33. The molecule has 2 aliphatic heterocycles.